The Bertz CT molecular complexity index is 1050. The van der Waals surface area contributed by atoms with Crippen LogP contribution in [-0.4, -0.2) is 15.5 Å². The molecule has 1 N–H and O–H groups in total. The molecule has 0 bridgehead atoms. The van der Waals surface area contributed by atoms with Gasteiger partial charge >= 0.3 is 0 Å². The van der Waals surface area contributed by atoms with Gasteiger partial charge in [-0.1, -0.05) is 85.1 Å². The SMILES string of the molecule is CCCCCc1ccn2[nH]c(-c3ccccc3)c(C(=O)c3ccccc3)[n+]12. The van der Waals surface area contributed by atoms with Gasteiger partial charge in [-0.15, -0.1) is 4.52 Å². The van der Waals surface area contributed by atoms with Gasteiger partial charge in [-0.25, -0.2) is 0 Å². The Morgan fingerprint density at radius 1 is 0.963 bits per heavy atom. The molecule has 0 atom stereocenters. The van der Waals surface area contributed by atoms with Gasteiger partial charge in [0.15, 0.2) is 0 Å². The topological polar surface area (TPSA) is 41.4 Å². The van der Waals surface area contributed by atoms with Crippen molar-refractivity contribution in [1.29, 1.82) is 0 Å². The smallest absolute Gasteiger partial charge is 0.250 e. The maximum absolute atomic E-state index is 13.4. The molecular formula is C23H24N3O+. The lowest BCUT2D eigenvalue weighted by Gasteiger charge is -2.01. The first kappa shape index (κ1) is 17.3. The molecule has 27 heavy (non-hydrogen) atoms. The van der Waals surface area contributed by atoms with E-state index < -0.39 is 0 Å². The van der Waals surface area contributed by atoms with Crippen molar-refractivity contribution >= 4 is 5.78 Å². The summed E-state index contributed by atoms with van der Waals surface area (Å²) >= 11 is 0. The van der Waals surface area contributed by atoms with Gasteiger partial charge in [-0.2, -0.15) is 5.10 Å². The summed E-state index contributed by atoms with van der Waals surface area (Å²) in [7, 11) is 0. The maximum atomic E-state index is 13.4. The van der Waals surface area contributed by atoms with E-state index in [1.807, 2.05) is 76.0 Å². The molecule has 4 rings (SSSR count). The number of ketones is 1. The van der Waals surface area contributed by atoms with E-state index in [-0.39, 0.29) is 5.78 Å². The van der Waals surface area contributed by atoms with Crippen LogP contribution in [-0.2, 0) is 6.42 Å². The van der Waals surface area contributed by atoms with E-state index in [1.165, 1.54) is 12.8 Å². The number of aryl methyl sites for hydroxylation is 1. The Balaban J connectivity index is 1.88. The van der Waals surface area contributed by atoms with Gasteiger partial charge in [0.05, 0.1) is 6.20 Å². The second kappa shape index (κ2) is 7.62. The van der Waals surface area contributed by atoms with Crippen molar-refractivity contribution < 1.29 is 9.31 Å². The fourth-order valence-electron chi connectivity index (χ4n) is 3.53. The standard InChI is InChI=1S/C23H23N3O/c1-2-3-6-15-20-16-17-25-24-21(18-11-7-4-8-12-18)22(26(20)25)23(27)19-13-9-5-10-14-19/h4-5,7-14,16-17H,2-3,6,15H2,1H3/p+1. The van der Waals surface area contributed by atoms with Crippen molar-refractivity contribution in [1.82, 2.24) is 9.73 Å². The number of benzene rings is 2. The van der Waals surface area contributed by atoms with E-state index in [2.05, 4.69) is 18.1 Å². The van der Waals surface area contributed by atoms with Crippen LogP contribution >= 0.6 is 0 Å². The molecule has 0 saturated carbocycles. The molecule has 2 aromatic carbocycles. The molecule has 4 aromatic rings. The molecule has 2 heterocycles. The largest absolute Gasteiger partial charge is 0.284 e. The zero-order valence-electron chi connectivity index (χ0n) is 15.6. The van der Waals surface area contributed by atoms with E-state index >= 15 is 0 Å². The molecule has 136 valence electrons. The van der Waals surface area contributed by atoms with Crippen molar-refractivity contribution in [3.05, 3.63) is 89.9 Å². The Morgan fingerprint density at radius 2 is 1.67 bits per heavy atom. The highest BCUT2D eigenvalue weighted by Gasteiger charge is 2.30. The Labute approximate surface area is 159 Å². The van der Waals surface area contributed by atoms with Gasteiger partial charge in [0.1, 0.15) is 5.69 Å². The molecule has 0 spiro atoms. The van der Waals surface area contributed by atoms with Crippen LogP contribution in [0.25, 0.3) is 11.3 Å². The van der Waals surface area contributed by atoms with Crippen LogP contribution in [0.1, 0.15) is 47.9 Å². The average molecular weight is 358 g/mol. The summed E-state index contributed by atoms with van der Waals surface area (Å²) in [5, 5.41) is 3.40. The first-order valence-electron chi connectivity index (χ1n) is 9.59. The van der Waals surface area contributed by atoms with E-state index in [0.29, 0.717) is 11.3 Å². The monoisotopic (exact) mass is 358 g/mol. The minimum absolute atomic E-state index is 0.0288. The second-order valence-electron chi connectivity index (χ2n) is 6.82. The van der Waals surface area contributed by atoms with Crippen LogP contribution < -0.4 is 4.52 Å². The zero-order valence-corrected chi connectivity index (χ0v) is 15.6. The van der Waals surface area contributed by atoms with E-state index in [0.717, 1.165) is 29.8 Å². The lowest BCUT2D eigenvalue weighted by atomic mass is 10.0. The van der Waals surface area contributed by atoms with Crippen LogP contribution in [0.5, 0.6) is 0 Å². The van der Waals surface area contributed by atoms with Gasteiger partial charge in [0, 0.05) is 23.6 Å². The van der Waals surface area contributed by atoms with Crippen LogP contribution in [0, 0.1) is 0 Å². The molecule has 4 nitrogen and oxygen atoms in total. The van der Waals surface area contributed by atoms with Gasteiger partial charge in [0.25, 0.3) is 0 Å². The van der Waals surface area contributed by atoms with E-state index in [4.69, 9.17) is 0 Å². The van der Waals surface area contributed by atoms with Crippen LogP contribution in [0.3, 0.4) is 0 Å². The molecule has 0 aliphatic heterocycles. The lowest BCUT2D eigenvalue weighted by Crippen LogP contribution is -2.36. The number of rotatable bonds is 7. The third-order valence-electron chi connectivity index (χ3n) is 4.92. The zero-order chi connectivity index (χ0) is 18.6. The number of carbonyl (C=O) groups excluding carboxylic acids is 1. The maximum Gasteiger partial charge on any atom is 0.250 e. The summed E-state index contributed by atoms with van der Waals surface area (Å²) in [5.74, 6) is 0.0288. The van der Waals surface area contributed by atoms with Crippen LogP contribution in [0.15, 0.2) is 72.9 Å². The van der Waals surface area contributed by atoms with Crippen molar-refractivity contribution in [2.75, 3.05) is 0 Å². The third-order valence-corrected chi connectivity index (χ3v) is 4.92. The third kappa shape index (κ3) is 3.31. The van der Waals surface area contributed by atoms with Crippen LogP contribution in [0.2, 0.25) is 0 Å². The number of aromatic amines is 1. The molecule has 0 aliphatic rings. The lowest BCUT2D eigenvalue weighted by molar-refractivity contribution is -0.627. The minimum atomic E-state index is 0.0288. The van der Waals surface area contributed by atoms with Crippen molar-refractivity contribution in [2.24, 2.45) is 0 Å². The fourth-order valence-corrected chi connectivity index (χ4v) is 3.53. The Kier molecular flexibility index (Phi) is 4.88. The molecule has 0 fully saturated rings. The average Bonchev–Trinajstić information content (AvgIpc) is 3.29. The normalized spacial score (nSPS) is 11.1. The van der Waals surface area contributed by atoms with Gasteiger partial charge < -0.3 is 0 Å². The van der Waals surface area contributed by atoms with Crippen LogP contribution in [0.4, 0.5) is 0 Å². The summed E-state index contributed by atoms with van der Waals surface area (Å²) in [4.78, 5) is 13.4. The fraction of sp³-hybridized carbons (Fsp3) is 0.217. The number of fused-ring (bicyclic) bond motifs is 1. The first-order chi connectivity index (χ1) is 13.3. The molecule has 0 unspecified atom stereocenters. The molecule has 0 saturated heterocycles. The molecule has 0 amide bonds. The highest BCUT2D eigenvalue weighted by molar-refractivity contribution is 6.09. The Hall–Kier alpha value is -3.14. The summed E-state index contributed by atoms with van der Waals surface area (Å²) in [5.41, 5.74) is 4.39. The number of aromatic nitrogens is 3. The number of nitrogens with zero attached hydrogens (tertiary/aromatic N) is 2. The van der Waals surface area contributed by atoms with Gasteiger partial charge in [-0.05, 0) is 6.42 Å². The summed E-state index contributed by atoms with van der Waals surface area (Å²) in [6.45, 7) is 2.20. The predicted octanol–water partition coefficient (Wildman–Crippen LogP) is 4.48. The van der Waals surface area contributed by atoms with Crippen molar-refractivity contribution in [3.63, 3.8) is 0 Å². The molecular weight excluding hydrogens is 334 g/mol. The number of hydrogen-bond acceptors (Lipinski definition) is 1. The first-order valence-corrected chi connectivity index (χ1v) is 9.59. The number of carbonyl (C=O) groups is 1. The summed E-state index contributed by atoms with van der Waals surface area (Å²) in [6, 6.07) is 21.6. The summed E-state index contributed by atoms with van der Waals surface area (Å²) in [6.07, 6.45) is 6.44. The molecule has 4 heteroatoms. The van der Waals surface area contributed by atoms with Gasteiger partial charge in [-0.3, -0.25) is 4.79 Å². The molecule has 0 aliphatic carbocycles. The van der Waals surface area contributed by atoms with E-state index in [1.54, 1.807) is 0 Å². The van der Waals surface area contributed by atoms with Crippen molar-refractivity contribution in [3.8, 4) is 11.3 Å². The number of nitrogens with one attached hydrogen (secondary N) is 1. The number of hydrogen-bond donors (Lipinski definition) is 1. The Morgan fingerprint density at radius 3 is 2.37 bits per heavy atom. The van der Waals surface area contributed by atoms with Crippen molar-refractivity contribution in [2.45, 2.75) is 32.6 Å². The second-order valence-corrected chi connectivity index (χ2v) is 6.82. The predicted molar refractivity (Wildman–Crippen MR) is 106 cm³/mol. The van der Waals surface area contributed by atoms with E-state index in [9.17, 15) is 4.79 Å². The molecule has 0 radical (unpaired) electrons. The van der Waals surface area contributed by atoms with Gasteiger partial charge in [0.2, 0.25) is 17.2 Å². The number of H-pyrrole nitrogens is 1. The summed E-state index contributed by atoms with van der Waals surface area (Å²) < 4.78 is 3.95. The molecule has 2 aromatic heterocycles. The number of unbranched alkanes of at least 4 members (excludes halogenated alkanes) is 2. The highest BCUT2D eigenvalue weighted by Crippen LogP contribution is 2.22. The quantitative estimate of drug-likeness (QED) is 0.295. The highest BCUT2D eigenvalue weighted by atomic mass is 16.1. The minimum Gasteiger partial charge on any atom is -0.284 e.